The smallest absolute Gasteiger partial charge is 0.475 e. The lowest BCUT2D eigenvalue weighted by atomic mass is 9.92. The van der Waals surface area contributed by atoms with E-state index in [1.807, 2.05) is 0 Å². The minimum atomic E-state index is -5.08. The lowest BCUT2D eigenvalue weighted by Gasteiger charge is -2.12. The predicted molar refractivity (Wildman–Crippen MR) is 128 cm³/mol. The largest absolute Gasteiger partial charge is 0.490 e. The van der Waals surface area contributed by atoms with Crippen LogP contribution in [0.2, 0.25) is 0 Å². The Labute approximate surface area is 198 Å². The molecule has 1 saturated carbocycles. The Kier molecular flexibility index (Phi) is 8.02. The van der Waals surface area contributed by atoms with Gasteiger partial charge in [0.1, 0.15) is 5.52 Å². The first kappa shape index (κ1) is 25.7. The van der Waals surface area contributed by atoms with Crippen LogP contribution in [-0.2, 0) is 18.3 Å². The molecular weight excluding hydrogens is 443 g/mol. The third-order valence-corrected chi connectivity index (χ3v) is 6.07. The van der Waals surface area contributed by atoms with E-state index in [-0.39, 0.29) is 0 Å². The summed E-state index contributed by atoms with van der Waals surface area (Å²) in [5, 5.41) is 17.0. The topological polar surface area (TPSA) is 67.2 Å². The third-order valence-electron chi connectivity index (χ3n) is 6.07. The van der Waals surface area contributed by atoms with Crippen LogP contribution < -0.4 is 5.32 Å². The molecule has 1 aliphatic rings. The zero-order valence-corrected chi connectivity index (χ0v) is 20.1. The highest BCUT2D eigenvalue weighted by Gasteiger charge is 2.38. The molecule has 1 heterocycles. The van der Waals surface area contributed by atoms with Gasteiger partial charge >= 0.3 is 12.1 Å². The Morgan fingerprint density at radius 2 is 1.79 bits per heavy atom. The van der Waals surface area contributed by atoms with Crippen LogP contribution in [0.15, 0.2) is 30.3 Å². The highest BCUT2D eigenvalue weighted by atomic mass is 19.4. The van der Waals surface area contributed by atoms with Crippen LogP contribution in [0.3, 0.4) is 0 Å². The number of carboxylic acids is 1. The molecule has 0 amide bonds. The van der Waals surface area contributed by atoms with Gasteiger partial charge in [-0.1, -0.05) is 35.9 Å². The maximum Gasteiger partial charge on any atom is 0.490 e. The van der Waals surface area contributed by atoms with Crippen LogP contribution in [0.4, 0.5) is 13.2 Å². The number of hydrogen-bond acceptors (Lipinski definition) is 3. The van der Waals surface area contributed by atoms with Gasteiger partial charge in [-0.05, 0) is 82.2 Å². The molecule has 0 saturated heterocycles. The van der Waals surface area contributed by atoms with E-state index in [9.17, 15) is 13.2 Å². The molecule has 0 spiro atoms. The molecule has 0 atom stereocenters. The Morgan fingerprint density at radius 3 is 2.35 bits per heavy atom. The number of halogens is 3. The Morgan fingerprint density at radius 1 is 1.18 bits per heavy atom. The number of benzene rings is 2. The van der Waals surface area contributed by atoms with E-state index in [0.717, 1.165) is 30.8 Å². The van der Waals surface area contributed by atoms with E-state index in [4.69, 9.17) is 15.0 Å². The second kappa shape index (κ2) is 10.6. The van der Waals surface area contributed by atoms with Gasteiger partial charge in [0.25, 0.3) is 0 Å². The van der Waals surface area contributed by atoms with E-state index >= 15 is 0 Å². The monoisotopic (exact) mass is 475 g/mol. The van der Waals surface area contributed by atoms with Gasteiger partial charge in [0, 0.05) is 23.7 Å². The van der Waals surface area contributed by atoms with Crippen molar-refractivity contribution in [3.05, 3.63) is 52.7 Å². The fourth-order valence-electron chi connectivity index (χ4n) is 4.38. The molecule has 0 unspecified atom stereocenters. The summed E-state index contributed by atoms with van der Waals surface area (Å²) in [6.07, 6.45) is -0.0197. The van der Waals surface area contributed by atoms with E-state index < -0.39 is 12.1 Å². The molecular formula is C26H32F3N3O2. The molecule has 34 heavy (non-hydrogen) atoms. The van der Waals surface area contributed by atoms with E-state index in [2.05, 4.69) is 68.1 Å². The second-order valence-corrected chi connectivity index (χ2v) is 9.10. The number of aromatic nitrogens is 2. The molecule has 2 N–H and O–H groups in total. The van der Waals surface area contributed by atoms with Crippen LogP contribution >= 0.6 is 0 Å². The van der Waals surface area contributed by atoms with Crippen molar-refractivity contribution in [3.63, 3.8) is 0 Å². The molecule has 0 radical (unpaired) electrons. The molecule has 4 rings (SSSR count). The Hall–Kier alpha value is -2.87. The van der Waals surface area contributed by atoms with E-state index in [1.54, 1.807) is 0 Å². The summed E-state index contributed by atoms with van der Waals surface area (Å²) in [6, 6.07) is 11.2. The number of nitrogens with zero attached hydrogens (tertiary/aromatic N) is 2. The second-order valence-electron chi connectivity index (χ2n) is 9.10. The van der Waals surface area contributed by atoms with Gasteiger partial charge in [0.15, 0.2) is 0 Å². The van der Waals surface area contributed by atoms with Crippen molar-refractivity contribution in [1.29, 1.82) is 0 Å². The number of hydrogen-bond donors (Lipinski definition) is 2. The molecule has 8 heteroatoms. The normalized spacial score (nSPS) is 13.6. The third kappa shape index (κ3) is 6.38. The van der Waals surface area contributed by atoms with Crippen molar-refractivity contribution in [1.82, 2.24) is 15.1 Å². The summed E-state index contributed by atoms with van der Waals surface area (Å²) < 4.78 is 33.8. The number of rotatable bonds is 7. The minimum absolute atomic E-state index is 0.950. The van der Waals surface area contributed by atoms with Crippen molar-refractivity contribution in [2.24, 2.45) is 13.0 Å². The van der Waals surface area contributed by atoms with Gasteiger partial charge in [0.2, 0.25) is 0 Å². The highest BCUT2D eigenvalue weighted by molar-refractivity contribution is 5.96. The molecule has 184 valence electrons. The summed E-state index contributed by atoms with van der Waals surface area (Å²) in [7, 11) is 2.09. The van der Waals surface area contributed by atoms with Gasteiger partial charge < -0.3 is 10.4 Å². The number of carbonyl (C=O) groups is 1. The number of nitrogens with one attached hydrogen (secondary N) is 1. The quantitative estimate of drug-likeness (QED) is 0.428. The summed E-state index contributed by atoms with van der Waals surface area (Å²) in [4.78, 5) is 8.90. The number of aryl methyl sites for hydroxylation is 5. The zero-order chi connectivity index (χ0) is 25.0. The Balaban J connectivity index is 0.000000406. The van der Waals surface area contributed by atoms with Gasteiger partial charge in [0.05, 0.1) is 0 Å². The molecule has 1 aliphatic carbocycles. The fourth-order valence-corrected chi connectivity index (χ4v) is 4.38. The predicted octanol–water partition coefficient (Wildman–Crippen LogP) is 5.73. The van der Waals surface area contributed by atoms with Crippen LogP contribution in [0.5, 0.6) is 0 Å². The van der Waals surface area contributed by atoms with Crippen LogP contribution in [-0.4, -0.2) is 40.1 Å². The summed E-state index contributed by atoms with van der Waals surface area (Å²) in [5.74, 6) is -1.81. The standard InChI is InChI=1S/C24H31N3.C2HF3O2/c1-16-13-17(2)23(18(3)14-16)21-8-5-7-20-22(27(4)26-24(20)21)9-6-12-25-15-19-10-11-19;3-2(4,5)1(6)7/h5,7-8,13-14,19,25H,6,9-12,15H2,1-4H3;(H,6,7). The van der Waals surface area contributed by atoms with Crippen molar-refractivity contribution >= 4 is 16.9 Å². The van der Waals surface area contributed by atoms with Crippen LogP contribution in [0.1, 0.15) is 41.6 Å². The minimum Gasteiger partial charge on any atom is -0.475 e. The maximum absolute atomic E-state index is 10.6. The lowest BCUT2D eigenvalue weighted by molar-refractivity contribution is -0.192. The summed E-state index contributed by atoms with van der Waals surface area (Å²) in [6.45, 7) is 8.88. The fraction of sp³-hybridized carbons (Fsp3) is 0.462. The molecule has 1 fully saturated rings. The van der Waals surface area contributed by atoms with Crippen LogP contribution in [0.25, 0.3) is 22.0 Å². The molecule has 5 nitrogen and oxygen atoms in total. The summed E-state index contributed by atoms with van der Waals surface area (Å²) in [5.41, 5.74) is 9.06. The molecule has 2 aromatic carbocycles. The SMILES string of the molecule is Cc1cc(C)c(-c2cccc3c(CCCNCC4CC4)n(C)nc23)c(C)c1.O=C(O)C(F)(F)F. The first-order chi connectivity index (χ1) is 16.0. The first-order valence-corrected chi connectivity index (χ1v) is 11.5. The molecule has 3 aromatic rings. The van der Waals surface area contributed by atoms with Gasteiger partial charge in [-0.3, -0.25) is 4.68 Å². The molecule has 0 aliphatic heterocycles. The average molecular weight is 476 g/mol. The first-order valence-electron chi connectivity index (χ1n) is 11.5. The van der Waals surface area contributed by atoms with Crippen molar-refractivity contribution < 1.29 is 23.1 Å². The highest BCUT2D eigenvalue weighted by Crippen LogP contribution is 2.34. The maximum atomic E-state index is 10.6. The molecule has 0 bridgehead atoms. The lowest BCUT2D eigenvalue weighted by Crippen LogP contribution is -2.21. The van der Waals surface area contributed by atoms with Crippen molar-refractivity contribution in [2.75, 3.05) is 13.1 Å². The van der Waals surface area contributed by atoms with Crippen LogP contribution in [0, 0.1) is 26.7 Å². The number of fused-ring (bicyclic) bond motifs is 1. The van der Waals surface area contributed by atoms with Crippen molar-refractivity contribution in [2.45, 2.75) is 52.6 Å². The number of alkyl halides is 3. The van der Waals surface area contributed by atoms with Crippen molar-refractivity contribution in [3.8, 4) is 11.1 Å². The van der Waals surface area contributed by atoms with Gasteiger partial charge in [-0.15, -0.1) is 0 Å². The number of aliphatic carboxylic acids is 1. The summed E-state index contributed by atoms with van der Waals surface area (Å²) >= 11 is 0. The number of carboxylic acid groups (broad SMARTS) is 1. The van der Waals surface area contributed by atoms with Gasteiger partial charge in [-0.2, -0.15) is 18.3 Å². The van der Waals surface area contributed by atoms with Gasteiger partial charge in [-0.25, -0.2) is 4.79 Å². The zero-order valence-electron chi connectivity index (χ0n) is 20.1. The Bertz CT molecular complexity index is 1140. The van der Waals surface area contributed by atoms with E-state index in [0.29, 0.717) is 0 Å². The average Bonchev–Trinajstić information content (AvgIpc) is 3.49. The molecule has 1 aromatic heterocycles. The van der Waals surface area contributed by atoms with E-state index in [1.165, 1.54) is 58.3 Å².